The SMILES string of the molecule is CCCn1ccnc1CC1CC(C(C)(C)C)CCC1N. The highest BCUT2D eigenvalue weighted by Crippen LogP contribution is 2.40. The molecule has 1 fully saturated rings. The van der Waals surface area contributed by atoms with E-state index in [0.717, 1.165) is 25.3 Å². The standard InChI is InChI=1S/C17H31N3/c1-5-9-20-10-8-19-16(20)12-13-11-14(17(2,3)4)6-7-15(13)18/h8,10,13-15H,5-7,9,11-12,18H2,1-4H3. The molecule has 3 atom stereocenters. The maximum Gasteiger partial charge on any atom is 0.108 e. The van der Waals surface area contributed by atoms with Gasteiger partial charge in [-0.1, -0.05) is 27.7 Å². The number of imidazole rings is 1. The van der Waals surface area contributed by atoms with Gasteiger partial charge in [0.05, 0.1) is 0 Å². The van der Waals surface area contributed by atoms with Crippen LogP contribution in [0.4, 0.5) is 0 Å². The minimum atomic E-state index is 0.348. The number of nitrogens with zero attached hydrogens (tertiary/aromatic N) is 2. The molecule has 1 saturated carbocycles. The molecule has 1 aromatic rings. The van der Waals surface area contributed by atoms with Crippen molar-refractivity contribution in [3.05, 3.63) is 18.2 Å². The Kier molecular flexibility index (Phi) is 4.90. The topological polar surface area (TPSA) is 43.8 Å². The van der Waals surface area contributed by atoms with E-state index in [0.29, 0.717) is 17.4 Å². The Morgan fingerprint density at radius 3 is 2.75 bits per heavy atom. The molecule has 1 aliphatic carbocycles. The summed E-state index contributed by atoms with van der Waals surface area (Å²) in [5.41, 5.74) is 6.79. The van der Waals surface area contributed by atoms with Gasteiger partial charge in [0.1, 0.15) is 5.82 Å². The minimum absolute atomic E-state index is 0.348. The monoisotopic (exact) mass is 277 g/mol. The zero-order chi connectivity index (χ0) is 14.8. The molecule has 0 spiro atoms. The molecular formula is C17H31N3. The molecule has 20 heavy (non-hydrogen) atoms. The summed E-state index contributed by atoms with van der Waals surface area (Å²) < 4.78 is 2.30. The summed E-state index contributed by atoms with van der Waals surface area (Å²) >= 11 is 0. The summed E-state index contributed by atoms with van der Waals surface area (Å²) in [6.45, 7) is 10.4. The second kappa shape index (κ2) is 6.30. The van der Waals surface area contributed by atoms with E-state index in [9.17, 15) is 0 Å². The Morgan fingerprint density at radius 2 is 2.10 bits per heavy atom. The number of aromatic nitrogens is 2. The first kappa shape index (κ1) is 15.6. The van der Waals surface area contributed by atoms with E-state index in [1.54, 1.807) is 0 Å². The highest BCUT2D eigenvalue weighted by atomic mass is 15.1. The van der Waals surface area contributed by atoms with Crippen molar-refractivity contribution in [2.45, 2.75) is 72.4 Å². The van der Waals surface area contributed by atoms with Crippen molar-refractivity contribution in [2.75, 3.05) is 0 Å². The van der Waals surface area contributed by atoms with Crippen molar-refractivity contribution in [1.29, 1.82) is 0 Å². The number of hydrogen-bond acceptors (Lipinski definition) is 2. The van der Waals surface area contributed by atoms with Crippen LogP contribution in [-0.4, -0.2) is 15.6 Å². The van der Waals surface area contributed by atoms with Crippen LogP contribution < -0.4 is 5.73 Å². The summed E-state index contributed by atoms with van der Waals surface area (Å²) in [5.74, 6) is 2.61. The molecule has 2 N–H and O–H groups in total. The molecule has 1 heterocycles. The molecule has 0 amide bonds. The van der Waals surface area contributed by atoms with Crippen LogP contribution in [0.2, 0.25) is 0 Å². The minimum Gasteiger partial charge on any atom is -0.335 e. The van der Waals surface area contributed by atoms with Gasteiger partial charge in [-0.2, -0.15) is 0 Å². The number of hydrogen-bond donors (Lipinski definition) is 1. The van der Waals surface area contributed by atoms with Crippen LogP contribution in [0, 0.1) is 17.3 Å². The highest BCUT2D eigenvalue weighted by Gasteiger charge is 2.34. The van der Waals surface area contributed by atoms with Crippen LogP contribution in [0.5, 0.6) is 0 Å². The zero-order valence-corrected chi connectivity index (χ0v) is 13.6. The molecule has 114 valence electrons. The van der Waals surface area contributed by atoms with Crippen molar-refractivity contribution in [1.82, 2.24) is 9.55 Å². The Hall–Kier alpha value is -0.830. The lowest BCUT2D eigenvalue weighted by Gasteiger charge is -2.40. The lowest BCUT2D eigenvalue weighted by Crippen LogP contribution is -2.40. The predicted molar refractivity (Wildman–Crippen MR) is 84.5 cm³/mol. The third kappa shape index (κ3) is 3.63. The molecule has 2 rings (SSSR count). The normalized spacial score (nSPS) is 27.8. The van der Waals surface area contributed by atoms with E-state index in [2.05, 4.69) is 43.4 Å². The molecule has 1 aliphatic rings. The van der Waals surface area contributed by atoms with Gasteiger partial charge in [-0.3, -0.25) is 0 Å². The fourth-order valence-electron chi connectivity index (χ4n) is 3.52. The Bertz CT molecular complexity index is 416. The van der Waals surface area contributed by atoms with Crippen LogP contribution in [0.15, 0.2) is 12.4 Å². The molecule has 0 saturated heterocycles. The molecule has 0 radical (unpaired) electrons. The van der Waals surface area contributed by atoms with Crippen LogP contribution >= 0.6 is 0 Å². The van der Waals surface area contributed by atoms with Gasteiger partial charge in [0.25, 0.3) is 0 Å². The Morgan fingerprint density at radius 1 is 1.35 bits per heavy atom. The van der Waals surface area contributed by atoms with Gasteiger partial charge in [0.2, 0.25) is 0 Å². The second-order valence-electron chi connectivity index (χ2n) is 7.54. The van der Waals surface area contributed by atoms with Crippen molar-refractivity contribution in [2.24, 2.45) is 23.0 Å². The van der Waals surface area contributed by atoms with Crippen molar-refractivity contribution >= 4 is 0 Å². The van der Waals surface area contributed by atoms with Crippen LogP contribution in [-0.2, 0) is 13.0 Å². The van der Waals surface area contributed by atoms with E-state index in [1.807, 2.05) is 6.20 Å². The molecule has 3 unspecified atom stereocenters. The average Bonchev–Trinajstić information content (AvgIpc) is 2.79. The van der Waals surface area contributed by atoms with Gasteiger partial charge in [0.15, 0.2) is 0 Å². The van der Waals surface area contributed by atoms with E-state index < -0.39 is 0 Å². The van der Waals surface area contributed by atoms with E-state index in [1.165, 1.54) is 25.1 Å². The summed E-state index contributed by atoms with van der Waals surface area (Å²) in [5, 5.41) is 0. The highest BCUT2D eigenvalue weighted by molar-refractivity contribution is 4.98. The van der Waals surface area contributed by atoms with Gasteiger partial charge in [-0.05, 0) is 42.9 Å². The lowest BCUT2D eigenvalue weighted by molar-refractivity contribution is 0.125. The van der Waals surface area contributed by atoms with Crippen LogP contribution in [0.1, 0.15) is 59.2 Å². The van der Waals surface area contributed by atoms with Crippen molar-refractivity contribution in [3.8, 4) is 0 Å². The first-order valence-corrected chi connectivity index (χ1v) is 8.17. The van der Waals surface area contributed by atoms with Gasteiger partial charge in [0, 0.05) is 31.4 Å². The molecular weight excluding hydrogens is 246 g/mol. The maximum absolute atomic E-state index is 6.39. The summed E-state index contributed by atoms with van der Waals surface area (Å²) in [6, 6.07) is 0.348. The van der Waals surface area contributed by atoms with Gasteiger partial charge in [-0.15, -0.1) is 0 Å². The van der Waals surface area contributed by atoms with Crippen molar-refractivity contribution in [3.63, 3.8) is 0 Å². The van der Waals surface area contributed by atoms with Crippen LogP contribution in [0.25, 0.3) is 0 Å². The second-order valence-corrected chi connectivity index (χ2v) is 7.54. The largest absolute Gasteiger partial charge is 0.335 e. The van der Waals surface area contributed by atoms with E-state index >= 15 is 0 Å². The van der Waals surface area contributed by atoms with Crippen molar-refractivity contribution < 1.29 is 0 Å². The molecule has 0 bridgehead atoms. The first-order valence-electron chi connectivity index (χ1n) is 8.17. The van der Waals surface area contributed by atoms with Gasteiger partial charge < -0.3 is 10.3 Å². The van der Waals surface area contributed by atoms with Crippen LogP contribution in [0.3, 0.4) is 0 Å². The zero-order valence-electron chi connectivity index (χ0n) is 13.6. The number of rotatable bonds is 4. The lowest BCUT2D eigenvalue weighted by atomic mass is 9.67. The number of nitrogens with two attached hydrogens (primary N) is 1. The smallest absolute Gasteiger partial charge is 0.108 e. The Balaban J connectivity index is 2.04. The third-order valence-corrected chi connectivity index (χ3v) is 4.98. The maximum atomic E-state index is 6.39. The van der Waals surface area contributed by atoms with E-state index in [4.69, 9.17) is 5.73 Å². The summed E-state index contributed by atoms with van der Waals surface area (Å²) in [4.78, 5) is 4.56. The Labute approximate surface area is 124 Å². The van der Waals surface area contributed by atoms with Gasteiger partial charge >= 0.3 is 0 Å². The first-order chi connectivity index (χ1) is 9.41. The summed E-state index contributed by atoms with van der Waals surface area (Å²) in [7, 11) is 0. The fourth-order valence-corrected chi connectivity index (χ4v) is 3.52. The molecule has 0 aromatic carbocycles. The quantitative estimate of drug-likeness (QED) is 0.913. The predicted octanol–water partition coefficient (Wildman–Crippen LogP) is 3.63. The summed E-state index contributed by atoms with van der Waals surface area (Å²) in [6.07, 6.45) is 9.94. The van der Waals surface area contributed by atoms with Gasteiger partial charge in [-0.25, -0.2) is 4.98 Å². The molecule has 0 aliphatic heterocycles. The molecule has 1 aromatic heterocycles. The average molecular weight is 277 g/mol. The third-order valence-electron chi connectivity index (χ3n) is 4.98. The number of aryl methyl sites for hydroxylation is 1. The molecule has 3 nitrogen and oxygen atoms in total. The fraction of sp³-hybridized carbons (Fsp3) is 0.824. The molecule has 3 heteroatoms. The van der Waals surface area contributed by atoms with E-state index in [-0.39, 0.29) is 0 Å².